The zero-order valence-corrected chi connectivity index (χ0v) is 15.7. The smallest absolute Gasteiger partial charge is 0.213 e. The Morgan fingerprint density at radius 2 is 1.70 bits per heavy atom. The Labute approximate surface area is 163 Å². The van der Waals surface area contributed by atoms with Gasteiger partial charge >= 0.3 is 0 Å². The van der Waals surface area contributed by atoms with Crippen molar-refractivity contribution in [2.45, 2.75) is 25.6 Å². The van der Waals surface area contributed by atoms with Gasteiger partial charge in [0.25, 0.3) is 0 Å². The number of hydrogen-bond donors (Lipinski definition) is 0. The largest absolute Gasteiger partial charge is 0.464 e. The molecule has 0 unspecified atom stereocenters. The fourth-order valence-electron chi connectivity index (χ4n) is 3.80. The van der Waals surface area contributed by atoms with Crippen molar-refractivity contribution in [3.63, 3.8) is 0 Å². The molecule has 0 amide bonds. The first-order chi connectivity index (χ1) is 13.2. The van der Waals surface area contributed by atoms with Gasteiger partial charge in [-0.15, -0.1) is 0 Å². The summed E-state index contributed by atoms with van der Waals surface area (Å²) in [5.74, 6) is 0.942. The Kier molecular flexibility index (Phi) is 3.91. The average molecular weight is 375 g/mol. The number of benzene rings is 3. The second-order valence-corrected chi connectivity index (χ2v) is 7.51. The molecule has 2 aliphatic rings. The van der Waals surface area contributed by atoms with Gasteiger partial charge in [-0.1, -0.05) is 71.8 Å². The predicted octanol–water partition coefficient (Wildman–Crippen LogP) is 5.89. The van der Waals surface area contributed by atoms with Crippen molar-refractivity contribution in [1.82, 2.24) is 5.01 Å². The molecule has 2 atom stereocenters. The maximum atomic E-state index is 6.37. The molecule has 0 aliphatic carbocycles. The van der Waals surface area contributed by atoms with Gasteiger partial charge in [-0.2, -0.15) is 5.10 Å². The van der Waals surface area contributed by atoms with E-state index in [4.69, 9.17) is 21.4 Å². The summed E-state index contributed by atoms with van der Waals surface area (Å²) in [5.41, 5.74) is 5.70. The van der Waals surface area contributed by atoms with Crippen molar-refractivity contribution >= 4 is 17.3 Å². The number of hydrogen-bond acceptors (Lipinski definition) is 3. The summed E-state index contributed by atoms with van der Waals surface area (Å²) in [5, 5.41) is 7.82. The summed E-state index contributed by atoms with van der Waals surface area (Å²) >= 11 is 6.05. The standard InChI is InChI=1S/C23H19ClN2O/c1-15-6-8-17(9-7-15)23-26-21(19-4-2-3-5-22(19)27-23)14-20(25-26)16-10-12-18(24)13-11-16/h2-13,21,23H,14H2,1H3/t21-,23-/m0/s1. The van der Waals surface area contributed by atoms with Crippen LogP contribution in [0.2, 0.25) is 5.02 Å². The van der Waals surface area contributed by atoms with Crippen molar-refractivity contribution in [3.8, 4) is 5.75 Å². The van der Waals surface area contributed by atoms with Crippen LogP contribution in [0.15, 0.2) is 77.9 Å². The van der Waals surface area contributed by atoms with Gasteiger partial charge in [-0.05, 0) is 30.7 Å². The van der Waals surface area contributed by atoms with E-state index in [0.29, 0.717) is 0 Å². The minimum atomic E-state index is -0.227. The van der Waals surface area contributed by atoms with Gasteiger partial charge in [0.1, 0.15) is 5.75 Å². The van der Waals surface area contributed by atoms with Crippen LogP contribution in [0.4, 0.5) is 0 Å². The van der Waals surface area contributed by atoms with E-state index < -0.39 is 0 Å². The van der Waals surface area contributed by atoms with Gasteiger partial charge in [0, 0.05) is 22.6 Å². The Balaban J connectivity index is 1.58. The van der Waals surface area contributed by atoms with E-state index in [-0.39, 0.29) is 12.3 Å². The molecule has 0 saturated carbocycles. The van der Waals surface area contributed by atoms with E-state index in [2.05, 4.69) is 48.3 Å². The molecule has 27 heavy (non-hydrogen) atoms. The molecule has 0 N–H and O–H groups in total. The number of halogens is 1. The van der Waals surface area contributed by atoms with Gasteiger partial charge in [0.2, 0.25) is 6.23 Å². The molecule has 0 aromatic heterocycles. The number of hydrazone groups is 1. The first-order valence-electron chi connectivity index (χ1n) is 9.13. The number of aryl methyl sites for hydroxylation is 1. The van der Waals surface area contributed by atoms with Gasteiger partial charge < -0.3 is 4.74 Å². The molecule has 0 radical (unpaired) electrons. The maximum absolute atomic E-state index is 6.37. The minimum absolute atomic E-state index is 0.173. The number of para-hydroxylation sites is 1. The summed E-state index contributed by atoms with van der Waals surface area (Å²) in [6.45, 7) is 2.09. The molecule has 5 rings (SSSR count). The second kappa shape index (κ2) is 6.43. The zero-order chi connectivity index (χ0) is 18.4. The third-order valence-electron chi connectivity index (χ3n) is 5.24. The van der Waals surface area contributed by atoms with Gasteiger partial charge in [0.05, 0.1) is 11.8 Å². The lowest BCUT2D eigenvalue weighted by atomic mass is 9.96. The third kappa shape index (κ3) is 2.88. The fraction of sp³-hybridized carbons (Fsp3) is 0.174. The molecule has 0 spiro atoms. The summed E-state index contributed by atoms with van der Waals surface area (Å²) in [6.07, 6.45) is 0.625. The Hall–Kier alpha value is -2.78. The lowest BCUT2D eigenvalue weighted by molar-refractivity contribution is -0.0190. The Morgan fingerprint density at radius 1 is 0.963 bits per heavy atom. The average Bonchev–Trinajstić information content (AvgIpc) is 3.14. The van der Waals surface area contributed by atoms with Crippen molar-refractivity contribution in [2.75, 3.05) is 0 Å². The van der Waals surface area contributed by atoms with Crippen molar-refractivity contribution in [3.05, 3.63) is 100 Å². The van der Waals surface area contributed by atoms with Crippen LogP contribution in [0.25, 0.3) is 0 Å². The summed E-state index contributed by atoms with van der Waals surface area (Å²) in [6, 6.07) is 24.8. The molecule has 3 nitrogen and oxygen atoms in total. The van der Waals surface area contributed by atoms with Crippen LogP contribution < -0.4 is 4.74 Å². The highest BCUT2D eigenvalue weighted by Crippen LogP contribution is 2.47. The van der Waals surface area contributed by atoms with Crippen LogP contribution in [-0.2, 0) is 0 Å². The van der Waals surface area contributed by atoms with Crippen LogP contribution >= 0.6 is 11.6 Å². The summed E-state index contributed by atoms with van der Waals surface area (Å²) in [4.78, 5) is 0. The molecule has 2 heterocycles. The van der Waals surface area contributed by atoms with Crippen LogP contribution in [0.1, 0.15) is 40.9 Å². The van der Waals surface area contributed by atoms with Gasteiger partial charge in [-0.3, -0.25) is 0 Å². The molecule has 0 bridgehead atoms. The fourth-order valence-corrected chi connectivity index (χ4v) is 3.93. The van der Waals surface area contributed by atoms with E-state index in [9.17, 15) is 0 Å². The normalized spacial score (nSPS) is 20.5. The first-order valence-corrected chi connectivity index (χ1v) is 9.51. The molecule has 3 aromatic rings. The minimum Gasteiger partial charge on any atom is -0.464 e. The van der Waals surface area contributed by atoms with Crippen LogP contribution in [-0.4, -0.2) is 10.7 Å². The maximum Gasteiger partial charge on any atom is 0.213 e. The molecular weight excluding hydrogens is 356 g/mol. The Morgan fingerprint density at radius 3 is 2.48 bits per heavy atom. The molecule has 4 heteroatoms. The van der Waals surface area contributed by atoms with Crippen molar-refractivity contribution < 1.29 is 4.74 Å². The van der Waals surface area contributed by atoms with E-state index in [1.165, 1.54) is 11.1 Å². The summed E-state index contributed by atoms with van der Waals surface area (Å²) in [7, 11) is 0. The highest BCUT2D eigenvalue weighted by molar-refractivity contribution is 6.30. The monoisotopic (exact) mass is 374 g/mol. The van der Waals surface area contributed by atoms with Gasteiger partial charge in [0.15, 0.2) is 0 Å². The van der Waals surface area contributed by atoms with E-state index in [0.717, 1.165) is 34.0 Å². The number of ether oxygens (including phenoxy) is 1. The van der Waals surface area contributed by atoms with E-state index in [1.54, 1.807) is 0 Å². The topological polar surface area (TPSA) is 24.8 Å². The number of fused-ring (bicyclic) bond motifs is 3. The quantitative estimate of drug-likeness (QED) is 0.558. The molecule has 0 saturated heterocycles. The second-order valence-electron chi connectivity index (χ2n) is 7.07. The highest BCUT2D eigenvalue weighted by Gasteiger charge is 2.40. The molecular formula is C23H19ClN2O. The van der Waals surface area contributed by atoms with Gasteiger partial charge in [-0.25, -0.2) is 5.01 Å². The first kappa shape index (κ1) is 16.4. The van der Waals surface area contributed by atoms with Crippen LogP contribution in [0, 0.1) is 6.92 Å². The number of rotatable bonds is 2. The molecule has 3 aromatic carbocycles. The Bertz CT molecular complexity index is 1010. The number of nitrogens with zero attached hydrogens (tertiary/aromatic N) is 2. The third-order valence-corrected chi connectivity index (χ3v) is 5.49. The molecule has 2 aliphatic heterocycles. The lowest BCUT2D eigenvalue weighted by Crippen LogP contribution is -2.33. The zero-order valence-electron chi connectivity index (χ0n) is 15.0. The van der Waals surface area contributed by atoms with Crippen molar-refractivity contribution in [1.29, 1.82) is 0 Å². The SMILES string of the molecule is Cc1ccc([C@@H]2Oc3ccccc3[C@@H]3CC(c4ccc(Cl)cc4)=NN32)cc1. The van der Waals surface area contributed by atoms with Crippen molar-refractivity contribution in [2.24, 2.45) is 5.10 Å². The lowest BCUT2D eigenvalue weighted by Gasteiger charge is -2.38. The predicted molar refractivity (Wildman–Crippen MR) is 108 cm³/mol. The van der Waals surface area contributed by atoms with Crippen LogP contribution in [0.3, 0.4) is 0 Å². The summed E-state index contributed by atoms with van der Waals surface area (Å²) < 4.78 is 6.37. The van der Waals surface area contributed by atoms with E-state index in [1.807, 2.05) is 36.4 Å². The molecule has 0 fully saturated rings. The van der Waals surface area contributed by atoms with E-state index >= 15 is 0 Å². The van der Waals surface area contributed by atoms with Crippen LogP contribution in [0.5, 0.6) is 5.75 Å². The highest BCUT2D eigenvalue weighted by atomic mass is 35.5. The molecule has 134 valence electrons.